The van der Waals surface area contributed by atoms with E-state index >= 15 is 0 Å². The van der Waals surface area contributed by atoms with Crippen LogP contribution in [0.25, 0.3) is 0 Å². The summed E-state index contributed by atoms with van der Waals surface area (Å²) in [6.45, 7) is 1.57. The molecule has 3 rings (SSSR count). The number of aromatic nitrogens is 1. The van der Waals surface area contributed by atoms with Gasteiger partial charge in [-0.3, -0.25) is 4.79 Å². The van der Waals surface area contributed by atoms with Crippen LogP contribution in [0.1, 0.15) is 22.9 Å². The van der Waals surface area contributed by atoms with Crippen molar-refractivity contribution >= 4 is 5.91 Å². The van der Waals surface area contributed by atoms with E-state index in [0.717, 1.165) is 11.1 Å². The van der Waals surface area contributed by atoms with E-state index in [4.69, 9.17) is 9.26 Å². The van der Waals surface area contributed by atoms with Crippen LogP contribution in [-0.4, -0.2) is 28.9 Å². The Bertz CT molecular complexity index is 653. The lowest BCUT2D eigenvalue weighted by atomic mass is 10.1. The highest BCUT2D eigenvalue weighted by atomic mass is 16.5. The van der Waals surface area contributed by atoms with Crippen molar-refractivity contribution in [3.63, 3.8) is 0 Å². The fraction of sp³-hybridized carbons (Fsp3) is 0.333. The van der Waals surface area contributed by atoms with Crippen molar-refractivity contribution in [1.82, 2.24) is 10.5 Å². The van der Waals surface area contributed by atoms with E-state index in [1.165, 1.54) is 0 Å². The van der Waals surface area contributed by atoms with Gasteiger partial charge in [0.1, 0.15) is 5.76 Å². The van der Waals surface area contributed by atoms with E-state index in [-0.39, 0.29) is 18.4 Å². The number of benzene rings is 1. The van der Waals surface area contributed by atoms with E-state index in [0.29, 0.717) is 12.2 Å². The smallest absolute Gasteiger partial charge is 0.258 e. The SMILES string of the molecule is Cc1cc(OCC(=O)NC2c3ccccc3CC2O)no1. The van der Waals surface area contributed by atoms with Gasteiger partial charge in [0.15, 0.2) is 6.61 Å². The number of rotatable bonds is 4. The first-order valence-corrected chi connectivity index (χ1v) is 6.75. The molecular weight excluding hydrogens is 272 g/mol. The number of carbonyl (C=O) groups excluding carboxylic acids is 1. The van der Waals surface area contributed by atoms with Gasteiger partial charge in [0.25, 0.3) is 11.8 Å². The normalized spacial score (nSPS) is 20.1. The Balaban J connectivity index is 1.60. The van der Waals surface area contributed by atoms with Crippen LogP contribution in [0.2, 0.25) is 0 Å². The molecule has 21 heavy (non-hydrogen) atoms. The Morgan fingerprint density at radius 3 is 3.10 bits per heavy atom. The lowest BCUT2D eigenvalue weighted by Gasteiger charge is -2.17. The number of amides is 1. The Morgan fingerprint density at radius 2 is 2.33 bits per heavy atom. The Labute approximate surface area is 121 Å². The zero-order valence-electron chi connectivity index (χ0n) is 11.6. The van der Waals surface area contributed by atoms with E-state index < -0.39 is 12.1 Å². The number of fused-ring (bicyclic) bond motifs is 1. The van der Waals surface area contributed by atoms with Crippen LogP contribution in [0.3, 0.4) is 0 Å². The fourth-order valence-corrected chi connectivity index (χ4v) is 2.51. The van der Waals surface area contributed by atoms with Gasteiger partial charge in [0, 0.05) is 12.5 Å². The van der Waals surface area contributed by atoms with Gasteiger partial charge in [-0.15, -0.1) is 0 Å². The minimum Gasteiger partial charge on any atom is -0.465 e. The average molecular weight is 288 g/mol. The van der Waals surface area contributed by atoms with Crippen molar-refractivity contribution < 1.29 is 19.2 Å². The number of aliphatic hydroxyl groups is 1. The molecule has 1 aliphatic rings. The molecule has 1 aliphatic carbocycles. The molecule has 110 valence electrons. The van der Waals surface area contributed by atoms with Crippen molar-refractivity contribution in [3.8, 4) is 5.88 Å². The third-order valence-electron chi connectivity index (χ3n) is 3.48. The highest BCUT2D eigenvalue weighted by Gasteiger charge is 2.31. The first-order valence-electron chi connectivity index (χ1n) is 6.75. The molecule has 1 aromatic heterocycles. The maximum atomic E-state index is 11.9. The van der Waals surface area contributed by atoms with Gasteiger partial charge in [-0.25, -0.2) is 0 Å². The molecule has 2 atom stereocenters. The molecule has 1 aromatic carbocycles. The molecule has 2 aromatic rings. The zero-order valence-corrected chi connectivity index (χ0v) is 11.6. The summed E-state index contributed by atoms with van der Waals surface area (Å²) in [5.41, 5.74) is 2.01. The second-order valence-corrected chi connectivity index (χ2v) is 5.08. The minimum absolute atomic E-state index is 0.169. The molecule has 0 saturated carbocycles. The molecular formula is C15H16N2O4. The summed E-state index contributed by atoms with van der Waals surface area (Å²) in [5, 5.41) is 16.5. The van der Waals surface area contributed by atoms with Crippen LogP contribution in [-0.2, 0) is 11.2 Å². The highest BCUT2D eigenvalue weighted by Crippen LogP contribution is 2.31. The van der Waals surface area contributed by atoms with Gasteiger partial charge < -0.3 is 19.7 Å². The summed E-state index contributed by atoms with van der Waals surface area (Å²) in [7, 11) is 0. The monoisotopic (exact) mass is 288 g/mol. The molecule has 0 fully saturated rings. The second kappa shape index (κ2) is 5.57. The molecule has 6 heteroatoms. The molecule has 1 heterocycles. The number of carbonyl (C=O) groups is 1. The Hall–Kier alpha value is -2.34. The van der Waals surface area contributed by atoms with Crippen molar-refractivity contribution in [1.29, 1.82) is 0 Å². The van der Waals surface area contributed by atoms with E-state index in [1.54, 1.807) is 13.0 Å². The van der Waals surface area contributed by atoms with Gasteiger partial charge in [-0.1, -0.05) is 24.3 Å². The highest BCUT2D eigenvalue weighted by molar-refractivity contribution is 5.78. The largest absolute Gasteiger partial charge is 0.465 e. The second-order valence-electron chi connectivity index (χ2n) is 5.08. The topological polar surface area (TPSA) is 84.6 Å². The first kappa shape index (κ1) is 13.6. The molecule has 2 unspecified atom stereocenters. The third-order valence-corrected chi connectivity index (χ3v) is 3.48. The van der Waals surface area contributed by atoms with Crippen molar-refractivity contribution in [2.45, 2.75) is 25.5 Å². The predicted octanol–water partition coefficient (Wildman–Crippen LogP) is 1.14. The standard InChI is InChI=1S/C15H16N2O4/c1-9-6-14(17-21-9)20-8-13(19)16-15-11-5-3-2-4-10(11)7-12(15)18/h2-6,12,15,18H,7-8H2,1H3,(H,16,19). The van der Waals surface area contributed by atoms with Crippen LogP contribution >= 0.6 is 0 Å². The Morgan fingerprint density at radius 1 is 1.52 bits per heavy atom. The summed E-state index contributed by atoms with van der Waals surface area (Å²) in [5.74, 6) is 0.581. The lowest BCUT2D eigenvalue weighted by Crippen LogP contribution is -2.36. The summed E-state index contributed by atoms with van der Waals surface area (Å²) < 4.78 is 10.1. The summed E-state index contributed by atoms with van der Waals surface area (Å²) >= 11 is 0. The number of ether oxygens (including phenoxy) is 1. The van der Waals surface area contributed by atoms with Crippen LogP contribution in [0.5, 0.6) is 5.88 Å². The molecule has 1 amide bonds. The van der Waals surface area contributed by atoms with Crippen molar-refractivity contribution in [2.24, 2.45) is 0 Å². The van der Waals surface area contributed by atoms with E-state index in [1.807, 2.05) is 24.3 Å². The van der Waals surface area contributed by atoms with Crippen molar-refractivity contribution in [3.05, 3.63) is 47.2 Å². The average Bonchev–Trinajstić information content (AvgIpc) is 3.01. The maximum absolute atomic E-state index is 11.9. The molecule has 0 aliphatic heterocycles. The van der Waals surface area contributed by atoms with Gasteiger partial charge >= 0.3 is 0 Å². The zero-order chi connectivity index (χ0) is 14.8. The third kappa shape index (κ3) is 2.90. The van der Waals surface area contributed by atoms with Crippen LogP contribution in [0, 0.1) is 6.92 Å². The summed E-state index contributed by atoms with van der Waals surface area (Å²) in [6.07, 6.45) is -0.0644. The van der Waals surface area contributed by atoms with E-state index in [2.05, 4.69) is 10.5 Å². The van der Waals surface area contributed by atoms with Crippen LogP contribution in [0.4, 0.5) is 0 Å². The van der Waals surface area contributed by atoms with Crippen molar-refractivity contribution in [2.75, 3.05) is 6.61 Å². The van der Waals surface area contributed by atoms with Crippen LogP contribution < -0.4 is 10.1 Å². The van der Waals surface area contributed by atoms with E-state index in [9.17, 15) is 9.90 Å². The number of hydrogen-bond acceptors (Lipinski definition) is 5. The quantitative estimate of drug-likeness (QED) is 0.881. The number of hydrogen-bond donors (Lipinski definition) is 2. The predicted molar refractivity (Wildman–Crippen MR) is 73.8 cm³/mol. The molecule has 2 N–H and O–H groups in total. The van der Waals surface area contributed by atoms with Gasteiger partial charge in [-0.05, 0) is 23.2 Å². The lowest BCUT2D eigenvalue weighted by molar-refractivity contribution is -0.124. The number of nitrogens with zero attached hydrogens (tertiary/aromatic N) is 1. The molecule has 6 nitrogen and oxygen atoms in total. The Kier molecular flexibility index (Phi) is 3.62. The molecule has 0 spiro atoms. The van der Waals surface area contributed by atoms with Crippen LogP contribution in [0.15, 0.2) is 34.9 Å². The number of aliphatic hydroxyl groups excluding tert-OH is 1. The number of nitrogens with one attached hydrogen (secondary N) is 1. The molecule has 0 saturated heterocycles. The maximum Gasteiger partial charge on any atom is 0.258 e. The minimum atomic E-state index is -0.611. The first-order chi connectivity index (χ1) is 10.1. The summed E-state index contributed by atoms with van der Waals surface area (Å²) in [4.78, 5) is 11.9. The molecule has 0 bridgehead atoms. The number of aryl methyl sites for hydroxylation is 1. The summed E-state index contributed by atoms with van der Waals surface area (Å²) in [6, 6.07) is 8.90. The fourth-order valence-electron chi connectivity index (χ4n) is 2.51. The van der Waals surface area contributed by atoms with Gasteiger partial charge in [0.2, 0.25) is 0 Å². The van der Waals surface area contributed by atoms with Gasteiger partial charge in [0.05, 0.1) is 12.1 Å². The van der Waals surface area contributed by atoms with Gasteiger partial charge in [-0.2, -0.15) is 0 Å². The molecule has 0 radical (unpaired) electrons.